The molecule has 0 spiro atoms. The van der Waals surface area contributed by atoms with Gasteiger partial charge in [-0.2, -0.15) is 0 Å². The van der Waals surface area contributed by atoms with Crippen molar-refractivity contribution in [2.45, 2.75) is 50.8 Å². The predicted octanol–water partition coefficient (Wildman–Crippen LogP) is 1.21. The van der Waals surface area contributed by atoms with Gasteiger partial charge in [-0.1, -0.05) is 24.4 Å². The number of nitrogens with zero attached hydrogens (tertiary/aromatic N) is 1. The molecule has 1 aliphatic carbocycles. The Labute approximate surface area is 112 Å². The highest BCUT2D eigenvalue weighted by Crippen LogP contribution is 2.17. The zero-order chi connectivity index (χ0) is 13.7. The van der Waals surface area contributed by atoms with Crippen LogP contribution in [0.5, 0.6) is 0 Å². The fourth-order valence-electron chi connectivity index (χ4n) is 2.39. The van der Waals surface area contributed by atoms with Gasteiger partial charge in [0.05, 0.1) is 0 Å². The first kappa shape index (κ1) is 14.0. The average Bonchev–Trinajstić information content (AvgIpc) is 2.77. The molecule has 0 aromatic carbocycles. The van der Waals surface area contributed by atoms with Gasteiger partial charge in [0.25, 0.3) is 5.91 Å². The number of ether oxygens (including phenoxy) is 1. The van der Waals surface area contributed by atoms with E-state index in [1.807, 2.05) is 0 Å². The van der Waals surface area contributed by atoms with Crippen molar-refractivity contribution in [3.63, 3.8) is 0 Å². The number of carbonyl (C=O) groups is 1. The second-order valence-electron chi connectivity index (χ2n) is 4.99. The summed E-state index contributed by atoms with van der Waals surface area (Å²) in [5.41, 5.74) is 6.36. The second kappa shape index (κ2) is 6.68. The fourth-order valence-corrected chi connectivity index (χ4v) is 2.39. The minimum Gasteiger partial charge on any atom is -0.377 e. The maximum Gasteiger partial charge on any atom is 0.273 e. The first-order valence-corrected chi connectivity index (χ1v) is 6.71. The Morgan fingerprint density at radius 3 is 3.11 bits per heavy atom. The van der Waals surface area contributed by atoms with Crippen molar-refractivity contribution in [3.8, 4) is 0 Å². The number of aromatic nitrogens is 1. The van der Waals surface area contributed by atoms with Crippen LogP contribution >= 0.6 is 0 Å². The predicted molar refractivity (Wildman–Crippen MR) is 69.5 cm³/mol. The Bertz CT molecular complexity index is 419. The summed E-state index contributed by atoms with van der Waals surface area (Å²) in [4.78, 5) is 12.1. The van der Waals surface area contributed by atoms with Crippen molar-refractivity contribution in [1.82, 2.24) is 10.5 Å². The number of methoxy groups -OCH3 is 1. The van der Waals surface area contributed by atoms with Crippen LogP contribution in [0.1, 0.15) is 48.4 Å². The summed E-state index contributed by atoms with van der Waals surface area (Å²) in [6.45, 7) is 0.309. The monoisotopic (exact) mass is 267 g/mol. The van der Waals surface area contributed by atoms with Gasteiger partial charge in [0.1, 0.15) is 6.61 Å². The molecule has 0 radical (unpaired) electrons. The standard InChI is InChI=1S/C13H21N3O3/c1-18-8-9-7-12(16-19-9)13(17)15-11-6-4-2-3-5-10(11)14/h7,10-11H,2-6,8,14H2,1H3,(H,15,17). The minimum absolute atomic E-state index is 0.0248. The Balaban J connectivity index is 1.94. The number of hydrogen-bond donors (Lipinski definition) is 2. The lowest BCUT2D eigenvalue weighted by Crippen LogP contribution is -2.47. The van der Waals surface area contributed by atoms with Crippen LogP contribution in [-0.2, 0) is 11.3 Å². The van der Waals surface area contributed by atoms with Gasteiger partial charge < -0.3 is 20.3 Å². The van der Waals surface area contributed by atoms with Crippen molar-refractivity contribution < 1.29 is 14.1 Å². The summed E-state index contributed by atoms with van der Waals surface area (Å²) in [7, 11) is 1.56. The third kappa shape index (κ3) is 3.78. The Morgan fingerprint density at radius 1 is 1.53 bits per heavy atom. The normalized spacial score (nSPS) is 23.9. The van der Waals surface area contributed by atoms with Crippen LogP contribution in [0.4, 0.5) is 0 Å². The van der Waals surface area contributed by atoms with E-state index in [0.717, 1.165) is 25.7 Å². The molecule has 6 heteroatoms. The van der Waals surface area contributed by atoms with Crippen LogP contribution in [0.3, 0.4) is 0 Å². The van der Waals surface area contributed by atoms with E-state index in [-0.39, 0.29) is 23.7 Å². The number of hydrogen-bond acceptors (Lipinski definition) is 5. The van der Waals surface area contributed by atoms with E-state index >= 15 is 0 Å². The lowest BCUT2D eigenvalue weighted by atomic mass is 10.0. The van der Waals surface area contributed by atoms with E-state index < -0.39 is 0 Å². The van der Waals surface area contributed by atoms with E-state index in [1.54, 1.807) is 13.2 Å². The maximum atomic E-state index is 12.1. The summed E-state index contributed by atoms with van der Waals surface area (Å²) in [6, 6.07) is 1.65. The third-order valence-corrected chi connectivity index (χ3v) is 3.46. The lowest BCUT2D eigenvalue weighted by Gasteiger charge is -2.21. The highest BCUT2D eigenvalue weighted by molar-refractivity contribution is 5.92. The molecule has 1 amide bonds. The molecule has 2 rings (SSSR count). The molecule has 1 aromatic heterocycles. The molecule has 3 N–H and O–H groups in total. The van der Waals surface area contributed by atoms with Crippen LogP contribution in [0.15, 0.2) is 10.6 Å². The highest BCUT2D eigenvalue weighted by Gasteiger charge is 2.23. The van der Waals surface area contributed by atoms with E-state index in [0.29, 0.717) is 12.4 Å². The topological polar surface area (TPSA) is 90.4 Å². The van der Waals surface area contributed by atoms with Gasteiger partial charge in [0.2, 0.25) is 0 Å². The SMILES string of the molecule is COCc1cc(C(=O)NC2CCCCCC2N)no1. The molecule has 1 heterocycles. The summed E-state index contributed by atoms with van der Waals surface area (Å²) < 4.78 is 9.92. The summed E-state index contributed by atoms with van der Waals surface area (Å²) in [5, 5.41) is 6.69. The van der Waals surface area contributed by atoms with E-state index in [2.05, 4.69) is 10.5 Å². The smallest absolute Gasteiger partial charge is 0.273 e. The van der Waals surface area contributed by atoms with Gasteiger partial charge in [0, 0.05) is 25.3 Å². The van der Waals surface area contributed by atoms with Crippen LogP contribution < -0.4 is 11.1 Å². The van der Waals surface area contributed by atoms with Gasteiger partial charge in [-0.3, -0.25) is 4.79 Å². The Hall–Kier alpha value is -1.40. The van der Waals surface area contributed by atoms with Crippen LogP contribution in [0.25, 0.3) is 0 Å². The lowest BCUT2D eigenvalue weighted by molar-refractivity contribution is 0.0919. The molecule has 0 saturated heterocycles. The van der Waals surface area contributed by atoms with E-state index in [9.17, 15) is 4.79 Å². The van der Waals surface area contributed by atoms with Gasteiger partial charge in [0.15, 0.2) is 11.5 Å². The molecule has 19 heavy (non-hydrogen) atoms. The van der Waals surface area contributed by atoms with Crippen LogP contribution in [-0.4, -0.2) is 30.3 Å². The largest absolute Gasteiger partial charge is 0.377 e. The van der Waals surface area contributed by atoms with Crippen molar-refractivity contribution in [2.24, 2.45) is 5.73 Å². The molecule has 1 aromatic rings. The molecule has 6 nitrogen and oxygen atoms in total. The van der Waals surface area contributed by atoms with Crippen molar-refractivity contribution in [1.29, 1.82) is 0 Å². The van der Waals surface area contributed by atoms with Crippen molar-refractivity contribution >= 4 is 5.91 Å². The highest BCUT2D eigenvalue weighted by atomic mass is 16.5. The van der Waals surface area contributed by atoms with Gasteiger partial charge >= 0.3 is 0 Å². The average molecular weight is 267 g/mol. The molecule has 106 valence electrons. The fraction of sp³-hybridized carbons (Fsp3) is 0.692. The number of amides is 1. The number of nitrogens with one attached hydrogen (secondary N) is 1. The summed E-state index contributed by atoms with van der Waals surface area (Å²) in [5.74, 6) is 0.311. The zero-order valence-electron chi connectivity index (χ0n) is 11.2. The number of rotatable bonds is 4. The first-order chi connectivity index (χ1) is 9.20. The Morgan fingerprint density at radius 2 is 2.32 bits per heavy atom. The summed E-state index contributed by atoms with van der Waals surface area (Å²) >= 11 is 0. The van der Waals surface area contributed by atoms with Crippen molar-refractivity contribution in [3.05, 3.63) is 17.5 Å². The molecule has 2 atom stereocenters. The van der Waals surface area contributed by atoms with Crippen LogP contribution in [0.2, 0.25) is 0 Å². The molecule has 1 aliphatic rings. The zero-order valence-corrected chi connectivity index (χ0v) is 11.2. The molecule has 1 saturated carbocycles. The quantitative estimate of drug-likeness (QED) is 0.800. The Kier molecular flexibility index (Phi) is 4.93. The number of carbonyl (C=O) groups excluding carboxylic acids is 1. The maximum absolute atomic E-state index is 12.1. The molecule has 0 aliphatic heterocycles. The van der Waals surface area contributed by atoms with E-state index in [1.165, 1.54) is 6.42 Å². The molecular formula is C13H21N3O3. The van der Waals surface area contributed by atoms with E-state index in [4.69, 9.17) is 15.0 Å². The third-order valence-electron chi connectivity index (χ3n) is 3.46. The van der Waals surface area contributed by atoms with Crippen LogP contribution in [0, 0.1) is 0 Å². The van der Waals surface area contributed by atoms with Gasteiger partial charge in [-0.15, -0.1) is 0 Å². The number of nitrogens with two attached hydrogens (primary N) is 1. The second-order valence-corrected chi connectivity index (χ2v) is 4.99. The van der Waals surface area contributed by atoms with Gasteiger partial charge in [-0.25, -0.2) is 0 Å². The molecule has 2 unspecified atom stereocenters. The van der Waals surface area contributed by atoms with Crippen molar-refractivity contribution in [2.75, 3.05) is 7.11 Å². The first-order valence-electron chi connectivity index (χ1n) is 6.71. The molecule has 0 bridgehead atoms. The summed E-state index contributed by atoms with van der Waals surface area (Å²) in [6.07, 6.45) is 5.30. The van der Waals surface area contributed by atoms with Gasteiger partial charge in [-0.05, 0) is 12.8 Å². The minimum atomic E-state index is -0.228. The molecule has 1 fully saturated rings. The molecular weight excluding hydrogens is 246 g/mol.